The van der Waals surface area contributed by atoms with Gasteiger partial charge in [0.25, 0.3) is 10.1 Å². The highest BCUT2D eigenvalue weighted by Crippen LogP contribution is 2.51. The van der Waals surface area contributed by atoms with E-state index in [9.17, 15) is 13.0 Å². The largest absolute Gasteiger partial charge is 0.453 e. The van der Waals surface area contributed by atoms with Gasteiger partial charge in [0.1, 0.15) is 0 Å². The maximum Gasteiger partial charge on any atom is 0.264 e. The van der Waals surface area contributed by atoms with Gasteiger partial charge in [0, 0.05) is 5.69 Å². The van der Waals surface area contributed by atoms with Crippen LogP contribution in [0.4, 0.5) is 11.4 Å². The van der Waals surface area contributed by atoms with Crippen LogP contribution in [0.3, 0.4) is 0 Å². The zero-order valence-electron chi connectivity index (χ0n) is 19.1. The minimum atomic E-state index is -4.15. The van der Waals surface area contributed by atoms with Crippen LogP contribution < -0.4 is 9.64 Å². The summed E-state index contributed by atoms with van der Waals surface area (Å²) >= 11 is 0. The molecule has 1 aromatic heterocycles. The lowest BCUT2D eigenvalue weighted by Gasteiger charge is -2.39. The Hall–Kier alpha value is -2.90. The fourth-order valence-corrected chi connectivity index (χ4v) is 4.95. The number of hydrogen-bond acceptors (Lipinski definition) is 5. The van der Waals surface area contributed by atoms with Crippen molar-refractivity contribution in [1.29, 1.82) is 0 Å². The summed E-state index contributed by atoms with van der Waals surface area (Å²) < 4.78 is 39.4. The first-order valence-electron chi connectivity index (χ1n) is 11.5. The first-order chi connectivity index (χ1) is 15.9. The zero-order chi connectivity index (χ0) is 23.4. The minimum Gasteiger partial charge on any atom is -0.453 e. The first-order valence-corrected chi connectivity index (χ1v) is 13.1. The van der Waals surface area contributed by atoms with Crippen LogP contribution in [0.15, 0.2) is 60.7 Å². The molecular weight excluding hydrogens is 436 g/mol. The smallest absolute Gasteiger partial charge is 0.264 e. The maximum atomic E-state index is 11.8. The van der Waals surface area contributed by atoms with Gasteiger partial charge in [0.2, 0.25) is 0 Å². The summed E-state index contributed by atoms with van der Waals surface area (Å²) in [6, 6.07) is 19.3. The summed E-state index contributed by atoms with van der Waals surface area (Å²) in [5, 5.41) is 0. The highest BCUT2D eigenvalue weighted by Gasteiger charge is 2.33. The van der Waals surface area contributed by atoms with Gasteiger partial charge < -0.3 is 9.64 Å². The SMILES string of the molecule is CCCc1ccc(CCC)c(C(CCS(=O)(=O)O)N2c3ccccc3Oc3ccccc32)n1. The predicted molar refractivity (Wildman–Crippen MR) is 131 cm³/mol. The number of ether oxygens (including phenoxy) is 1. The molecule has 174 valence electrons. The molecule has 0 bridgehead atoms. The molecule has 2 heterocycles. The maximum absolute atomic E-state index is 11.8. The van der Waals surface area contributed by atoms with Crippen LogP contribution in [0.2, 0.25) is 0 Å². The predicted octanol–water partition coefficient (Wildman–Crippen LogP) is 6.25. The number of nitrogens with zero attached hydrogens (tertiary/aromatic N) is 2. The second-order valence-corrected chi connectivity index (χ2v) is 9.92. The second kappa shape index (κ2) is 9.93. The molecule has 0 fully saturated rings. The zero-order valence-corrected chi connectivity index (χ0v) is 19.9. The molecule has 0 spiro atoms. The number of rotatable bonds is 9. The van der Waals surface area contributed by atoms with Crippen LogP contribution in [-0.2, 0) is 23.0 Å². The first kappa shape index (κ1) is 23.3. The summed E-state index contributed by atoms with van der Waals surface area (Å²) in [4.78, 5) is 7.17. The van der Waals surface area contributed by atoms with Crippen LogP contribution >= 0.6 is 0 Å². The molecule has 3 aromatic rings. The molecule has 0 saturated carbocycles. The lowest BCUT2D eigenvalue weighted by molar-refractivity contribution is 0.459. The molecule has 0 aliphatic carbocycles. The van der Waals surface area contributed by atoms with E-state index >= 15 is 0 Å². The standard InChI is InChI=1S/C26H30N2O4S/c1-3-9-19-15-16-20(10-4-2)27-26(19)23(17-18-33(29,30)31)28-21-11-5-7-13-24(21)32-25-14-8-6-12-22(25)28/h5-8,11-16,23H,3-4,9-10,17-18H2,1-2H3,(H,29,30,31). The number of aryl methyl sites for hydroxylation is 2. The van der Waals surface area contributed by atoms with Crippen molar-refractivity contribution < 1.29 is 17.7 Å². The molecule has 6 nitrogen and oxygen atoms in total. The Kier molecular flexibility index (Phi) is 7.00. The molecule has 0 amide bonds. The molecule has 1 aliphatic rings. The summed E-state index contributed by atoms with van der Waals surface area (Å²) in [7, 11) is -4.15. The van der Waals surface area contributed by atoms with Gasteiger partial charge in [-0.2, -0.15) is 8.42 Å². The number of fused-ring (bicyclic) bond motifs is 2. The van der Waals surface area contributed by atoms with Crippen LogP contribution in [0, 0.1) is 0 Å². The Morgan fingerprint density at radius 2 is 1.52 bits per heavy atom. The van der Waals surface area contributed by atoms with E-state index < -0.39 is 16.2 Å². The van der Waals surface area contributed by atoms with Gasteiger partial charge >= 0.3 is 0 Å². The number of para-hydroxylation sites is 4. The van der Waals surface area contributed by atoms with E-state index in [1.807, 2.05) is 48.5 Å². The normalized spacial score (nSPS) is 13.7. The van der Waals surface area contributed by atoms with Crippen LogP contribution in [0.1, 0.15) is 56.1 Å². The topological polar surface area (TPSA) is 79.7 Å². The van der Waals surface area contributed by atoms with Gasteiger partial charge in [-0.1, -0.05) is 57.0 Å². The summed E-state index contributed by atoms with van der Waals surface area (Å²) in [5.41, 5.74) is 4.64. The van der Waals surface area contributed by atoms with Crippen molar-refractivity contribution in [3.63, 3.8) is 0 Å². The van der Waals surface area contributed by atoms with Gasteiger partial charge in [-0.3, -0.25) is 9.54 Å². The van der Waals surface area contributed by atoms with E-state index in [0.29, 0.717) is 11.5 Å². The number of aromatic nitrogens is 1. The Balaban J connectivity index is 1.92. The third kappa shape index (κ3) is 5.20. The van der Waals surface area contributed by atoms with Gasteiger partial charge in [0.15, 0.2) is 11.5 Å². The van der Waals surface area contributed by atoms with E-state index in [1.165, 1.54) is 0 Å². The average Bonchev–Trinajstić information content (AvgIpc) is 2.79. The van der Waals surface area contributed by atoms with Crippen LogP contribution in [0.5, 0.6) is 11.5 Å². The second-order valence-electron chi connectivity index (χ2n) is 8.34. The average molecular weight is 467 g/mol. The molecule has 2 aromatic carbocycles. The van der Waals surface area contributed by atoms with Crippen molar-refractivity contribution in [3.05, 3.63) is 77.6 Å². The van der Waals surface area contributed by atoms with E-state index in [-0.39, 0.29) is 12.2 Å². The summed E-state index contributed by atoms with van der Waals surface area (Å²) in [6.45, 7) is 4.24. The van der Waals surface area contributed by atoms with Gasteiger partial charge in [-0.15, -0.1) is 0 Å². The Morgan fingerprint density at radius 3 is 2.09 bits per heavy atom. The van der Waals surface area contributed by atoms with Crippen molar-refractivity contribution in [2.24, 2.45) is 0 Å². The lowest BCUT2D eigenvalue weighted by atomic mass is 9.97. The molecule has 1 atom stereocenters. The Labute approximate surface area is 196 Å². The van der Waals surface area contributed by atoms with Crippen molar-refractivity contribution in [2.45, 2.75) is 52.0 Å². The molecule has 33 heavy (non-hydrogen) atoms. The van der Waals surface area contributed by atoms with Crippen molar-refractivity contribution in [3.8, 4) is 11.5 Å². The molecule has 7 heteroatoms. The quantitative estimate of drug-likeness (QED) is 0.376. The Bertz CT molecular complexity index is 1180. The monoisotopic (exact) mass is 466 g/mol. The third-order valence-corrected chi connectivity index (χ3v) is 6.59. The van der Waals surface area contributed by atoms with Crippen molar-refractivity contribution in [2.75, 3.05) is 10.7 Å². The highest BCUT2D eigenvalue weighted by molar-refractivity contribution is 7.85. The van der Waals surface area contributed by atoms with E-state index in [4.69, 9.17) is 9.72 Å². The summed E-state index contributed by atoms with van der Waals surface area (Å²) in [5.74, 6) is 1.05. The Morgan fingerprint density at radius 1 is 0.909 bits per heavy atom. The molecule has 1 unspecified atom stereocenters. The van der Waals surface area contributed by atoms with Crippen molar-refractivity contribution in [1.82, 2.24) is 4.98 Å². The number of benzene rings is 2. The number of pyridine rings is 1. The van der Waals surface area contributed by atoms with Crippen molar-refractivity contribution >= 4 is 21.5 Å². The lowest BCUT2D eigenvalue weighted by Crippen LogP contribution is -2.30. The fraction of sp³-hybridized carbons (Fsp3) is 0.346. The number of anilines is 2. The van der Waals surface area contributed by atoms with E-state index in [0.717, 1.165) is 54.0 Å². The molecule has 0 saturated heterocycles. The molecule has 1 aliphatic heterocycles. The van der Waals surface area contributed by atoms with Crippen LogP contribution in [-0.4, -0.2) is 23.7 Å². The fourth-order valence-electron chi connectivity index (χ4n) is 4.43. The van der Waals surface area contributed by atoms with Crippen LogP contribution in [0.25, 0.3) is 0 Å². The van der Waals surface area contributed by atoms with Gasteiger partial charge in [-0.05, 0) is 55.2 Å². The summed E-state index contributed by atoms with van der Waals surface area (Å²) in [6.07, 6.45) is 3.80. The number of hydrogen-bond donors (Lipinski definition) is 1. The van der Waals surface area contributed by atoms with Gasteiger partial charge in [-0.25, -0.2) is 0 Å². The van der Waals surface area contributed by atoms with Gasteiger partial charge in [0.05, 0.1) is 28.9 Å². The van der Waals surface area contributed by atoms with E-state index in [1.54, 1.807) is 0 Å². The third-order valence-electron chi connectivity index (χ3n) is 5.84. The molecule has 1 N–H and O–H groups in total. The highest BCUT2D eigenvalue weighted by atomic mass is 32.2. The molecule has 4 rings (SSSR count). The minimum absolute atomic E-state index is 0.195. The van der Waals surface area contributed by atoms with E-state index in [2.05, 4.69) is 30.9 Å². The molecule has 0 radical (unpaired) electrons. The molecular formula is C26H30N2O4S.